The highest BCUT2D eigenvalue weighted by atomic mass is 32.2. The van der Waals surface area contributed by atoms with Gasteiger partial charge in [0.15, 0.2) is 0 Å². The number of allylic oxidation sites excluding steroid dienone is 2. The maximum atomic E-state index is 12.5. The summed E-state index contributed by atoms with van der Waals surface area (Å²) in [6, 6.07) is 6.55. The molecule has 0 bridgehead atoms. The molecule has 1 heterocycles. The van der Waals surface area contributed by atoms with Gasteiger partial charge in [0.25, 0.3) is 10.0 Å². The van der Waals surface area contributed by atoms with E-state index in [9.17, 15) is 13.2 Å². The molecule has 0 spiro atoms. The van der Waals surface area contributed by atoms with Crippen molar-refractivity contribution in [3.05, 3.63) is 48.8 Å². The number of hydrogen-bond acceptors (Lipinski definition) is 4. The van der Waals surface area contributed by atoms with Crippen molar-refractivity contribution < 1.29 is 13.2 Å². The van der Waals surface area contributed by atoms with E-state index in [0.29, 0.717) is 5.39 Å². The molecule has 1 N–H and O–H groups in total. The summed E-state index contributed by atoms with van der Waals surface area (Å²) < 4.78 is 27.1. The number of amides is 1. The van der Waals surface area contributed by atoms with Gasteiger partial charge >= 0.3 is 0 Å². The van der Waals surface area contributed by atoms with Gasteiger partial charge in [0.05, 0.1) is 4.90 Å². The molecular weight excluding hydrogens is 300 g/mol. The van der Waals surface area contributed by atoms with Gasteiger partial charge in [0.1, 0.15) is 0 Å². The number of fused-ring (bicyclic) bond motifs is 1. The second-order valence-corrected chi connectivity index (χ2v) is 7.00. The Hall–Kier alpha value is -2.21. The van der Waals surface area contributed by atoms with E-state index in [-0.39, 0.29) is 17.2 Å². The van der Waals surface area contributed by atoms with Crippen LogP contribution in [0.5, 0.6) is 0 Å². The summed E-state index contributed by atoms with van der Waals surface area (Å²) in [6.07, 6.45) is 9.16. The summed E-state index contributed by atoms with van der Waals surface area (Å²) in [5, 5.41) is 1.27. The fourth-order valence-corrected chi connectivity index (χ4v) is 3.90. The van der Waals surface area contributed by atoms with Crippen LogP contribution < -0.4 is 4.72 Å². The average molecular weight is 316 g/mol. The Morgan fingerprint density at radius 1 is 1.32 bits per heavy atom. The highest BCUT2D eigenvalue weighted by Crippen LogP contribution is 2.23. The summed E-state index contributed by atoms with van der Waals surface area (Å²) in [5.41, 5.74) is 0. The van der Waals surface area contributed by atoms with Gasteiger partial charge in [-0.1, -0.05) is 24.3 Å². The molecule has 1 aromatic carbocycles. The SMILES string of the molecule is O=C(C[C@@H]1C=CCC1)NS(=O)(=O)c1cccc2cnccc12. The topological polar surface area (TPSA) is 76.1 Å². The number of carbonyl (C=O) groups excluding carboxylic acids is 1. The first-order chi connectivity index (χ1) is 10.6. The van der Waals surface area contributed by atoms with Gasteiger partial charge in [0.2, 0.25) is 5.91 Å². The molecule has 114 valence electrons. The Labute approximate surface area is 129 Å². The standard InChI is InChI=1S/C16H16N2O3S/c19-16(10-12-4-1-2-5-12)18-22(20,21)15-7-3-6-13-11-17-9-8-14(13)15/h1,3-4,6-9,11-12H,2,5,10H2,(H,18,19)/t12-/m1/s1. The summed E-state index contributed by atoms with van der Waals surface area (Å²) in [5.74, 6) is -0.338. The van der Waals surface area contributed by atoms with Crippen molar-refractivity contribution >= 4 is 26.7 Å². The molecule has 0 radical (unpaired) electrons. The highest BCUT2D eigenvalue weighted by molar-refractivity contribution is 7.90. The van der Waals surface area contributed by atoms with Crippen LogP contribution in [0.25, 0.3) is 10.8 Å². The van der Waals surface area contributed by atoms with Gasteiger partial charge in [-0.05, 0) is 30.9 Å². The molecule has 22 heavy (non-hydrogen) atoms. The van der Waals surface area contributed by atoms with Crippen LogP contribution in [0.15, 0.2) is 53.7 Å². The molecule has 1 aromatic heterocycles. The smallest absolute Gasteiger partial charge is 0.264 e. The molecule has 0 unspecified atom stereocenters. The first-order valence-electron chi connectivity index (χ1n) is 7.11. The van der Waals surface area contributed by atoms with E-state index < -0.39 is 15.9 Å². The minimum Gasteiger partial charge on any atom is -0.274 e. The fraction of sp³-hybridized carbons (Fsp3) is 0.250. The quantitative estimate of drug-likeness (QED) is 0.879. The predicted octanol–water partition coefficient (Wildman–Crippen LogP) is 2.40. The van der Waals surface area contributed by atoms with Crippen LogP contribution in [-0.4, -0.2) is 19.3 Å². The number of benzene rings is 1. The minimum atomic E-state index is -3.88. The first kappa shape index (κ1) is 14.7. The second-order valence-electron chi connectivity index (χ2n) is 5.35. The number of pyridine rings is 1. The molecule has 1 atom stereocenters. The molecule has 0 aliphatic heterocycles. The Morgan fingerprint density at radius 2 is 2.18 bits per heavy atom. The summed E-state index contributed by atoms with van der Waals surface area (Å²) in [6.45, 7) is 0. The minimum absolute atomic E-state index is 0.0997. The van der Waals surface area contributed by atoms with E-state index in [1.165, 1.54) is 12.3 Å². The molecular formula is C16H16N2O3S. The zero-order valence-corrected chi connectivity index (χ0v) is 12.7. The van der Waals surface area contributed by atoms with Gasteiger partial charge in [-0.25, -0.2) is 13.1 Å². The Morgan fingerprint density at radius 3 is 2.95 bits per heavy atom. The lowest BCUT2D eigenvalue weighted by Gasteiger charge is -2.11. The molecule has 0 saturated heterocycles. The normalized spacial score (nSPS) is 17.7. The monoisotopic (exact) mass is 316 g/mol. The number of sulfonamides is 1. The summed E-state index contributed by atoms with van der Waals surface area (Å²) in [7, 11) is -3.88. The Bertz CT molecular complexity index is 838. The van der Waals surface area contributed by atoms with Crippen LogP contribution >= 0.6 is 0 Å². The second kappa shape index (κ2) is 5.88. The van der Waals surface area contributed by atoms with Crippen molar-refractivity contribution in [1.82, 2.24) is 9.71 Å². The van der Waals surface area contributed by atoms with Crippen molar-refractivity contribution in [3.63, 3.8) is 0 Å². The zero-order valence-electron chi connectivity index (χ0n) is 11.9. The van der Waals surface area contributed by atoms with Crippen molar-refractivity contribution in [2.45, 2.75) is 24.2 Å². The molecule has 5 nitrogen and oxygen atoms in total. The summed E-state index contributed by atoms with van der Waals surface area (Å²) in [4.78, 5) is 16.1. The molecule has 2 aromatic rings. The third-order valence-electron chi connectivity index (χ3n) is 3.74. The third kappa shape index (κ3) is 3.01. The zero-order chi connectivity index (χ0) is 15.6. The molecule has 1 amide bonds. The average Bonchev–Trinajstić information content (AvgIpc) is 2.98. The van der Waals surface area contributed by atoms with E-state index in [4.69, 9.17) is 0 Å². The van der Waals surface area contributed by atoms with Crippen LogP contribution in [0.4, 0.5) is 0 Å². The molecule has 6 heteroatoms. The maximum absolute atomic E-state index is 12.5. The number of nitrogens with one attached hydrogen (secondary N) is 1. The van der Waals surface area contributed by atoms with Crippen LogP contribution in [0.1, 0.15) is 19.3 Å². The van der Waals surface area contributed by atoms with Crippen LogP contribution in [-0.2, 0) is 14.8 Å². The lowest BCUT2D eigenvalue weighted by Crippen LogP contribution is -2.31. The number of carbonyl (C=O) groups is 1. The Kier molecular flexibility index (Phi) is 3.94. The molecule has 0 saturated carbocycles. The molecule has 3 rings (SSSR count). The first-order valence-corrected chi connectivity index (χ1v) is 8.59. The van der Waals surface area contributed by atoms with Gasteiger partial charge in [-0.3, -0.25) is 9.78 Å². The Balaban J connectivity index is 1.85. The van der Waals surface area contributed by atoms with Crippen LogP contribution in [0, 0.1) is 5.92 Å². The maximum Gasteiger partial charge on any atom is 0.264 e. The fourth-order valence-electron chi connectivity index (χ4n) is 2.68. The van der Waals surface area contributed by atoms with Gasteiger partial charge in [-0.2, -0.15) is 0 Å². The van der Waals surface area contributed by atoms with E-state index >= 15 is 0 Å². The molecule has 0 fully saturated rings. The van der Waals surface area contributed by atoms with Crippen LogP contribution in [0.3, 0.4) is 0 Å². The number of hydrogen-bond donors (Lipinski definition) is 1. The van der Waals surface area contributed by atoms with Crippen LogP contribution in [0.2, 0.25) is 0 Å². The van der Waals surface area contributed by atoms with E-state index in [0.717, 1.165) is 18.2 Å². The van der Waals surface area contributed by atoms with Gasteiger partial charge in [-0.15, -0.1) is 0 Å². The third-order valence-corrected chi connectivity index (χ3v) is 5.17. The predicted molar refractivity (Wildman–Crippen MR) is 83.6 cm³/mol. The number of rotatable bonds is 4. The highest BCUT2D eigenvalue weighted by Gasteiger charge is 2.22. The van der Waals surface area contributed by atoms with Crippen molar-refractivity contribution in [3.8, 4) is 0 Å². The largest absolute Gasteiger partial charge is 0.274 e. The van der Waals surface area contributed by atoms with Crippen molar-refractivity contribution in [2.24, 2.45) is 5.92 Å². The summed E-state index contributed by atoms with van der Waals surface area (Å²) >= 11 is 0. The van der Waals surface area contributed by atoms with E-state index in [2.05, 4.69) is 9.71 Å². The van der Waals surface area contributed by atoms with E-state index in [1.807, 2.05) is 12.2 Å². The number of nitrogens with zero attached hydrogens (tertiary/aromatic N) is 1. The lowest BCUT2D eigenvalue weighted by molar-refractivity contribution is -0.119. The molecule has 1 aliphatic carbocycles. The molecule has 1 aliphatic rings. The van der Waals surface area contributed by atoms with Crippen molar-refractivity contribution in [2.75, 3.05) is 0 Å². The van der Waals surface area contributed by atoms with E-state index in [1.54, 1.807) is 24.4 Å². The van der Waals surface area contributed by atoms with Crippen molar-refractivity contribution in [1.29, 1.82) is 0 Å². The number of aromatic nitrogens is 1. The lowest BCUT2D eigenvalue weighted by atomic mass is 10.1. The van der Waals surface area contributed by atoms with Gasteiger partial charge < -0.3 is 0 Å². The van der Waals surface area contributed by atoms with Gasteiger partial charge in [0, 0.05) is 29.6 Å².